The van der Waals surface area contributed by atoms with E-state index in [0.717, 1.165) is 18.4 Å². The molecule has 0 bridgehead atoms. The molecule has 0 aliphatic carbocycles. The first kappa shape index (κ1) is 14.0. The Morgan fingerprint density at radius 2 is 2.24 bits per heavy atom. The summed E-state index contributed by atoms with van der Waals surface area (Å²) in [5.41, 5.74) is 1.15. The molecular formula is C13H17ClFNO. The van der Waals surface area contributed by atoms with Gasteiger partial charge in [0.2, 0.25) is 0 Å². The second-order valence-electron chi connectivity index (χ2n) is 4.01. The number of alkyl halides is 1. The smallest absolute Gasteiger partial charge is 0.251 e. The fraction of sp³-hybridized carbons (Fsp3) is 0.462. The van der Waals surface area contributed by atoms with E-state index in [1.165, 1.54) is 12.1 Å². The van der Waals surface area contributed by atoms with E-state index in [0.29, 0.717) is 12.1 Å². The molecule has 1 N–H and O–H groups in total. The van der Waals surface area contributed by atoms with E-state index in [9.17, 15) is 9.18 Å². The molecule has 4 heteroatoms. The number of hydrogen-bond acceptors (Lipinski definition) is 1. The first-order chi connectivity index (χ1) is 8.04. The molecular weight excluding hydrogens is 241 g/mol. The van der Waals surface area contributed by atoms with E-state index in [-0.39, 0.29) is 11.3 Å². The Balaban J connectivity index is 2.55. The SMILES string of the molecule is CCC(Cl)CCNC(=O)c1cc(F)ccc1C. The lowest BCUT2D eigenvalue weighted by Crippen LogP contribution is -2.26. The summed E-state index contributed by atoms with van der Waals surface area (Å²) < 4.78 is 13.0. The van der Waals surface area contributed by atoms with Crippen molar-refractivity contribution in [1.29, 1.82) is 0 Å². The highest BCUT2D eigenvalue weighted by Gasteiger charge is 2.10. The van der Waals surface area contributed by atoms with Crippen LogP contribution >= 0.6 is 11.6 Å². The van der Waals surface area contributed by atoms with Gasteiger partial charge in [-0.3, -0.25) is 4.79 Å². The van der Waals surface area contributed by atoms with Crippen LogP contribution in [-0.4, -0.2) is 17.8 Å². The molecule has 0 aromatic heterocycles. The van der Waals surface area contributed by atoms with Crippen LogP contribution in [0.4, 0.5) is 4.39 Å². The van der Waals surface area contributed by atoms with Gasteiger partial charge in [0, 0.05) is 17.5 Å². The number of rotatable bonds is 5. The Morgan fingerprint density at radius 1 is 1.53 bits per heavy atom. The molecule has 1 atom stereocenters. The van der Waals surface area contributed by atoms with Crippen molar-refractivity contribution < 1.29 is 9.18 Å². The molecule has 1 aromatic carbocycles. The summed E-state index contributed by atoms with van der Waals surface area (Å²) in [7, 11) is 0. The van der Waals surface area contributed by atoms with E-state index < -0.39 is 5.82 Å². The molecule has 0 aliphatic heterocycles. The Hall–Kier alpha value is -1.09. The Kier molecular flexibility index (Phi) is 5.42. The normalized spacial score (nSPS) is 12.2. The number of aryl methyl sites for hydroxylation is 1. The summed E-state index contributed by atoms with van der Waals surface area (Å²) in [6, 6.07) is 4.20. The summed E-state index contributed by atoms with van der Waals surface area (Å²) in [5.74, 6) is -0.647. The van der Waals surface area contributed by atoms with Crippen LogP contribution < -0.4 is 5.32 Å². The van der Waals surface area contributed by atoms with Gasteiger partial charge in [-0.1, -0.05) is 13.0 Å². The summed E-state index contributed by atoms with van der Waals surface area (Å²) in [4.78, 5) is 11.8. The zero-order chi connectivity index (χ0) is 12.8. The second kappa shape index (κ2) is 6.60. The van der Waals surface area contributed by atoms with Crippen LogP contribution in [0.3, 0.4) is 0 Å². The van der Waals surface area contributed by atoms with Crippen molar-refractivity contribution in [3.05, 3.63) is 35.1 Å². The van der Waals surface area contributed by atoms with Crippen molar-refractivity contribution in [2.24, 2.45) is 0 Å². The number of nitrogens with one attached hydrogen (secondary N) is 1. The first-order valence-electron chi connectivity index (χ1n) is 5.73. The molecule has 17 heavy (non-hydrogen) atoms. The van der Waals surface area contributed by atoms with Gasteiger partial charge in [-0.05, 0) is 37.5 Å². The minimum absolute atomic E-state index is 0.0731. The number of benzene rings is 1. The van der Waals surface area contributed by atoms with Crippen LogP contribution in [0.1, 0.15) is 35.7 Å². The van der Waals surface area contributed by atoms with Gasteiger partial charge in [0.15, 0.2) is 0 Å². The van der Waals surface area contributed by atoms with Crippen LogP contribution in [0.15, 0.2) is 18.2 Å². The van der Waals surface area contributed by atoms with Crippen molar-refractivity contribution in [2.45, 2.75) is 32.1 Å². The minimum atomic E-state index is -0.399. The lowest BCUT2D eigenvalue weighted by Gasteiger charge is -2.09. The zero-order valence-electron chi connectivity index (χ0n) is 10.1. The van der Waals surface area contributed by atoms with Crippen molar-refractivity contribution in [3.63, 3.8) is 0 Å². The molecule has 1 unspecified atom stereocenters. The van der Waals surface area contributed by atoms with Crippen LogP contribution in [0.25, 0.3) is 0 Å². The van der Waals surface area contributed by atoms with Gasteiger partial charge in [0.05, 0.1) is 0 Å². The Morgan fingerprint density at radius 3 is 2.88 bits per heavy atom. The van der Waals surface area contributed by atoms with Crippen molar-refractivity contribution >= 4 is 17.5 Å². The maximum atomic E-state index is 13.0. The quantitative estimate of drug-likeness (QED) is 0.806. The number of hydrogen-bond donors (Lipinski definition) is 1. The van der Waals surface area contributed by atoms with Gasteiger partial charge >= 0.3 is 0 Å². The van der Waals surface area contributed by atoms with E-state index >= 15 is 0 Å². The average Bonchev–Trinajstić information content (AvgIpc) is 2.31. The largest absolute Gasteiger partial charge is 0.352 e. The third-order valence-electron chi connectivity index (χ3n) is 2.63. The topological polar surface area (TPSA) is 29.1 Å². The van der Waals surface area contributed by atoms with E-state index in [4.69, 9.17) is 11.6 Å². The fourth-order valence-electron chi connectivity index (χ4n) is 1.48. The van der Waals surface area contributed by atoms with Gasteiger partial charge in [-0.2, -0.15) is 0 Å². The molecule has 0 heterocycles. The molecule has 0 aliphatic rings. The van der Waals surface area contributed by atoms with Crippen LogP contribution in [0, 0.1) is 12.7 Å². The monoisotopic (exact) mass is 257 g/mol. The van der Waals surface area contributed by atoms with E-state index in [1.807, 2.05) is 6.92 Å². The van der Waals surface area contributed by atoms with Crippen LogP contribution in [0.2, 0.25) is 0 Å². The van der Waals surface area contributed by atoms with Crippen LogP contribution in [-0.2, 0) is 0 Å². The van der Waals surface area contributed by atoms with Gasteiger partial charge in [0.25, 0.3) is 5.91 Å². The Labute approximate surface area is 106 Å². The lowest BCUT2D eigenvalue weighted by atomic mass is 10.1. The summed E-state index contributed by atoms with van der Waals surface area (Å²) in [6.07, 6.45) is 1.59. The van der Waals surface area contributed by atoms with Gasteiger partial charge < -0.3 is 5.32 Å². The highest BCUT2D eigenvalue weighted by Crippen LogP contribution is 2.10. The molecule has 0 spiro atoms. The molecule has 1 aromatic rings. The molecule has 0 saturated heterocycles. The molecule has 94 valence electrons. The van der Waals surface area contributed by atoms with Gasteiger partial charge in [-0.25, -0.2) is 4.39 Å². The fourth-order valence-corrected chi connectivity index (χ4v) is 1.59. The minimum Gasteiger partial charge on any atom is -0.352 e. The van der Waals surface area contributed by atoms with Gasteiger partial charge in [-0.15, -0.1) is 11.6 Å². The predicted molar refractivity (Wildman–Crippen MR) is 68.0 cm³/mol. The van der Waals surface area contributed by atoms with Crippen molar-refractivity contribution in [1.82, 2.24) is 5.32 Å². The average molecular weight is 258 g/mol. The molecule has 1 rings (SSSR count). The molecule has 0 radical (unpaired) electrons. The Bertz CT molecular complexity index is 395. The highest BCUT2D eigenvalue weighted by atomic mass is 35.5. The number of halogens is 2. The summed E-state index contributed by atoms with van der Waals surface area (Å²) in [5, 5.41) is 2.82. The third-order valence-corrected chi connectivity index (χ3v) is 3.16. The lowest BCUT2D eigenvalue weighted by molar-refractivity contribution is 0.0952. The molecule has 0 saturated carbocycles. The summed E-state index contributed by atoms with van der Waals surface area (Å²) in [6.45, 7) is 4.29. The number of carbonyl (C=O) groups excluding carboxylic acids is 1. The number of amides is 1. The molecule has 1 amide bonds. The van der Waals surface area contributed by atoms with Gasteiger partial charge in [0.1, 0.15) is 5.82 Å². The highest BCUT2D eigenvalue weighted by molar-refractivity contribution is 6.20. The third kappa shape index (κ3) is 4.35. The van der Waals surface area contributed by atoms with E-state index in [1.54, 1.807) is 13.0 Å². The van der Waals surface area contributed by atoms with Crippen LogP contribution in [0.5, 0.6) is 0 Å². The maximum Gasteiger partial charge on any atom is 0.251 e. The zero-order valence-corrected chi connectivity index (χ0v) is 10.9. The van der Waals surface area contributed by atoms with Crippen molar-refractivity contribution in [3.8, 4) is 0 Å². The summed E-state index contributed by atoms with van der Waals surface area (Å²) >= 11 is 5.94. The second-order valence-corrected chi connectivity index (χ2v) is 4.63. The maximum absolute atomic E-state index is 13.0. The number of carbonyl (C=O) groups is 1. The molecule has 0 fully saturated rings. The predicted octanol–water partition coefficient (Wildman–Crippen LogP) is 3.27. The standard InChI is InChI=1S/C13H17ClFNO/c1-3-10(14)6-7-16-13(17)12-8-11(15)5-4-9(12)2/h4-5,8,10H,3,6-7H2,1-2H3,(H,16,17). The van der Waals surface area contributed by atoms with E-state index in [2.05, 4.69) is 5.32 Å². The molecule has 2 nitrogen and oxygen atoms in total. The van der Waals surface area contributed by atoms with Crippen molar-refractivity contribution in [2.75, 3.05) is 6.54 Å². The first-order valence-corrected chi connectivity index (χ1v) is 6.16.